The number of urea groups is 1. The van der Waals surface area contributed by atoms with Gasteiger partial charge in [0.05, 0.1) is 18.2 Å². The Balaban J connectivity index is 1.59. The van der Waals surface area contributed by atoms with E-state index < -0.39 is 11.9 Å². The third kappa shape index (κ3) is 3.43. The Morgan fingerprint density at radius 1 is 1.29 bits per heavy atom. The van der Waals surface area contributed by atoms with Crippen molar-refractivity contribution in [2.45, 2.75) is 19.0 Å². The number of H-pyrrole nitrogens is 1. The van der Waals surface area contributed by atoms with E-state index in [1.807, 2.05) is 12.1 Å². The van der Waals surface area contributed by atoms with Crippen LogP contribution in [0, 0.1) is 5.82 Å². The van der Waals surface area contributed by atoms with Crippen LogP contribution in [0.2, 0.25) is 10.0 Å². The molecule has 3 N–H and O–H groups in total. The number of aromatic nitrogens is 1. The van der Waals surface area contributed by atoms with Crippen LogP contribution in [0.4, 0.5) is 9.18 Å². The Labute approximate surface area is 171 Å². The molecule has 2 amide bonds. The van der Waals surface area contributed by atoms with Gasteiger partial charge in [-0.1, -0.05) is 35.3 Å². The highest BCUT2D eigenvalue weighted by molar-refractivity contribution is 6.31. The lowest BCUT2D eigenvalue weighted by Gasteiger charge is -2.34. The number of nitrogens with one attached hydrogen (secondary N) is 2. The molecule has 1 aromatic heterocycles. The molecule has 28 heavy (non-hydrogen) atoms. The van der Waals surface area contributed by atoms with Crippen LogP contribution in [0.15, 0.2) is 36.4 Å². The molecule has 1 aliphatic rings. The molecule has 5 nitrogen and oxygen atoms in total. The van der Waals surface area contributed by atoms with E-state index >= 15 is 0 Å². The Morgan fingerprint density at radius 2 is 2.11 bits per heavy atom. The van der Waals surface area contributed by atoms with E-state index in [1.165, 1.54) is 6.07 Å². The van der Waals surface area contributed by atoms with E-state index in [4.69, 9.17) is 23.2 Å². The van der Waals surface area contributed by atoms with E-state index in [0.717, 1.165) is 11.1 Å². The molecule has 0 bridgehead atoms. The Hall–Kier alpha value is -2.28. The van der Waals surface area contributed by atoms with Gasteiger partial charge < -0.3 is 20.3 Å². The third-order valence-corrected chi connectivity index (χ3v) is 5.50. The second-order valence-electron chi connectivity index (χ2n) is 6.76. The smallest absolute Gasteiger partial charge is 0.318 e. The molecule has 146 valence electrons. The molecule has 0 fully saturated rings. The Kier molecular flexibility index (Phi) is 5.19. The molecule has 0 aliphatic carbocycles. The maximum Gasteiger partial charge on any atom is 0.318 e. The highest BCUT2D eigenvalue weighted by atomic mass is 35.5. The third-order valence-electron chi connectivity index (χ3n) is 5.04. The summed E-state index contributed by atoms with van der Waals surface area (Å²) in [6, 6.07) is 9.29. The SMILES string of the molecule is O=C(NCc1cccc(Cl)c1)N1CCc2c([nH]c3c(F)cc(Cl)cc23)C1CO. The molecular weight excluding hydrogens is 404 g/mol. The summed E-state index contributed by atoms with van der Waals surface area (Å²) in [5, 5.41) is 14.4. The monoisotopic (exact) mass is 421 g/mol. The number of aliphatic hydroxyl groups is 1. The number of hydrogen-bond acceptors (Lipinski definition) is 2. The molecule has 1 aliphatic heterocycles. The second kappa shape index (κ2) is 7.62. The van der Waals surface area contributed by atoms with Crippen LogP contribution in [0.1, 0.15) is 22.9 Å². The Bertz CT molecular complexity index is 1050. The van der Waals surface area contributed by atoms with Crippen LogP contribution in [0.5, 0.6) is 0 Å². The minimum atomic E-state index is -0.589. The first-order valence-electron chi connectivity index (χ1n) is 8.87. The number of halogens is 3. The fraction of sp³-hybridized carbons (Fsp3) is 0.250. The molecule has 0 spiro atoms. The molecule has 0 saturated heterocycles. The first-order chi connectivity index (χ1) is 13.5. The van der Waals surface area contributed by atoms with Gasteiger partial charge in [-0.05, 0) is 41.8 Å². The molecule has 8 heteroatoms. The van der Waals surface area contributed by atoms with Gasteiger partial charge in [-0.25, -0.2) is 9.18 Å². The summed E-state index contributed by atoms with van der Waals surface area (Å²) in [6.07, 6.45) is 0.538. The van der Waals surface area contributed by atoms with Crippen molar-refractivity contribution in [3.63, 3.8) is 0 Å². The fourth-order valence-corrected chi connectivity index (χ4v) is 4.17. The van der Waals surface area contributed by atoms with Crippen molar-refractivity contribution in [1.29, 1.82) is 0 Å². The zero-order valence-corrected chi connectivity index (χ0v) is 16.3. The summed E-state index contributed by atoms with van der Waals surface area (Å²) in [5.74, 6) is -0.453. The van der Waals surface area contributed by atoms with Crippen molar-refractivity contribution in [3.05, 3.63) is 69.1 Å². The molecular formula is C20H18Cl2FN3O2. The summed E-state index contributed by atoms with van der Waals surface area (Å²) in [5.41, 5.74) is 2.74. The average Bonchev–Trinajstić information content (AvgIpc) is 3.04. The van der Waals surface area contributed by atoms with Crippen molar-refractivity contribution in [3.8, 4) is 0 Å². The minimum Gasteiger partial charge on any atom is -0.394 e. The summed E-state index contributed by atoms with van der Waals surface area (Å²) in [6.45, 7) is 0.443. The number of rotatable bonds is 3. The zero-order valence-electron chi connectivity index (χ0n) is 14.8. The number of amides is 2. The predicted octanol–water partition coefficient (Wildman–Crippen LogP) is 4.42. The zero-order chi connectivity index (χ0) is 19.8. The van der Waals surface area contributed by atoms with Crippen molar-refractivity contribution in [1.82, 2.24) is 15.2 Å². The number of aromatic amines is 1. The molecule has 0 radical (unpaired) electrons. The molecule has 1 atom stereocenters. The van der Waals surface area contributed by atoms with E-state index in [9.17, 15) is 14.3 Å². The standard InChI is InChI=1S/C20H18Cl2FN3O2/c21-12-3-1-2-11(6-12)9-24-20(28)26-5-4-14-15-7-13(22)8-16(23)18(15)25-19(14)17(26)10-27/h1-3,6-8,17,25,27H,4-5,9-10H2,(H,24,28). The van der Waals surface area contributed by atoms with Crippen molar-refractivity contribution >= 4 is 40.1 Å². The van der Waals surface area contributed by atoms with E-state index in [2.05, 4.69) is 10.3 Å². The van der Waals surface area contributed by atoms with Gasteiger partial charge in [-0.15, -0.1) is 0 Å². The quantitative estimate of drug-likeness (QED) is 0.585. The van der Waals surface area contributed by atoms with Gasteiger partial charge in [-0.3, -0.25) is 0 Å². The van der Waals surface area contributed by atoms with Gasteiger partial charge in [0.2, 0.25) is 0 Å². The summed E-state index contributed by atoms with van der Waals surface area (Å²) in [4.78, 5) is 17.3. The molecule has 2 aromatic carbocycles. The van der Waals surface area contributed by atoms with Gasteiger partial charge in [0.15, 0.2) is 0 Å². The van der Waals surface area contributed by atoms with Crippen LogP contribution in [-0.4, -0.2) is 34.2 Å². The minimum absolute atomic E-state index is 0.278. The molecule has 1 unspecified atom stereocenters. The number of aliphatic hydroxyl groups excluding tert-OH is 1. The number of fused-ring (bicyclic) bond motifs is 3. The largest absolute Gasteiger partial charge is 0.394 e. The lowest BCUT2D eigenvalue weighted by Crippen LogP contribution is -2.46. The first kappa shape index (κ1) is 19.1. The number of benzene rings is 2. The van der Waals surface area contributed by atoms with Gasteiger partial charge in [0.25, 0.3) is 0 Å². The highest BCUT2D eigenvalue weighted by Gasteiger charge is 2.33. The lowest BCUT2D eigenvalue weighted by molar-refractivity contribution is 0.125. The number of carbonyl (C=O) groups excluding carboxylic acids is 1. The predicted molar refractivity (Wildman–Crippen MR) is 107 cm³/mol. The van der Waals surface area contributed by atoms with Gasteiger partial charge in [0, 0.05) is 34.2 Å². The van der Waals surface area contributed by atoms with Gasteiger partial charge in [-0.2, -0.15) is 0 Å². The normalized spacial score (nSPS) is 16.3. The number of nitrogens with zero attached hydrogens (tertiary/aromatic N) is 1. The maximum atomic E-state index is 14.3. The number of carbonyl (C=O) groups is 1. The first-order valence-corrected chi connectivity index (χ1v) is 9.62. The van der Waals surface area contributed by atoms with Crippen LogP contribution in [0.3, 0.4) is 0 Å². The van der Waals surface area contributed by atoms with Crippen molar-refractivity contribution in [2.24, 2.45) is 0 Å². The maximum absolute atomic E-state index is 14.3. The van der Waals surface area contributed by atoms with Crippen molar-refractivity contribution in [2.75, 3.05) is 13.2 Å². The summed E-state index contributed by atoms with van der Waals surface area (Å²) < 4.78 is 14.3. The number of hydrogen-bond donors (Lipinski definition) is 3. The van der Waals surface area contributed by atoms with Crippen LogP contribution in [0.25, 0.3) is 10.9 Å². The lowest BCUT2D eigenvalue weighted by atomic mass is 9.98. The Morgan fingerprint density at radius 3 is 2.86 bits per heavy atom. The highest BCUT2D eigenvalue weighted by Crippen LogP contribution is 2.36. The average molecular weight is 422 g/mol. The van der Waals surface area contributed by atoms with E-state index in [0.29, 0.717) is 46.2 Å². The molecule has 0 saturated carbocycles. The van der Waals surface area contributed by atoms with Crippen LogP contribution in [-0.2, 0) is 13.0 Å². The topological polar surface area (TPSA) is 68.4 Å². The van der Waals surface area contributed by atoms with E-state index in [-0.39, 0.29) is 12.6 Å². The fourth-order valence-electron chi connectivity index (χ4n) is 3.75. The van der Waals surface area contributed by atoms with Gasteiger partial charge >= 0.3 is 6.03 Å². The van der Waals surface area contributed by atoms with E-state index in [1.54, 1.807) is 23.1 Å². The van der Waals surface area contributed by atoms with Crippen molar-refractivity contribution < 1.29 is 14.3 Å². The van der Waals surface area contributed by atoms with Crippen LogP contribution < -0.4 is 5.32 Å². The van der Waals surface area contributed by atoms with Crippen LogP contribution >= 0.6 is 23.2 Å². The molecule has 3 aromatic rings. The summed E-state index contributed by atoms with van der Waals surface area (Å²) >= 11 is 12.0. The summed E-state index contributed by atoms with van der Waals surface area (Å²) in [7, 11) is 0. The van der Waals surface area contributed by atoms with Gasteiger partial charge in [0.1, 0.15) is 5.82 Å². The molecule has 4 rings (SSSR count). The second-order valence-corrected chi connectivity index (χ2v) is 7.63. The molecule has 2 heterocycles.